The van der Waals surface area contributed by atoms with Crippen molar-refractivity contribution in [2.45, 2.75) is 32.3 Å². The fourth-order valence-electron chi connectivity index (χ4n) is 1.49. The Morgan fingerprint density at radius 2 is 2.50 bits per heavy atom. The second-order valence-corrected chi connectivity index (χ2v) is 3.41. The van der Waals surface area contributed by atoms with Crippen LogP contribution in [0.2, 0.25) is 0 Å². The topological polar surface area (TPSA) is 65.2 Å². The molecule has 1 aliphatic heterocycles. The monoisotopic (exact) mass is 196 g/mol. The summed E-state index contributed by atoms with van der Waals surface area (Å²) in [5.74, 6) is 0.441. The molecule has 1 aromatic rings. The Balaban J connectivity index is 1.98. The van der Waals surface area contributed by atoms with Gasteiger partial charge in [-0.1, -0.05) is 5.16 Å². The number of nitrogens with zero attached hydrogens (tertiary/aromatic N) is 2. The number of rotatable bonds is 3. The van der Waals surface area contributed by atoms with Gasteiger partial charge in [0.05, 0.1) is 6.10 Å². The molecule has 1 fully saturated rings. The van der Waals surface area contributed by atoms with Crippen molar-refractivity contribution in [3.63, 3.8) is 0 Å². The van der Waals surface area contributed by atoms with Gasteiger partial charge in [-0.05, 0) is 12.8 Å². The van der Waals surface area contributed by atoms with E-state index in [0.29, 0.717) is 12.2 Å². The molecule has 0 bridgehead atoms. The van der Waals surface area contributed by atoms with Crippen LogP contribution in [-0.4, -0.2) is 28.6 Å². The lowest BCUT2D eigenvalue weighted by Crippen LogP contribution is -2.10. The maximum absolute atomic E-state index is 10.9. The molecule has 0 aromatic carbocycles. The summed E-state index contributed by atoms with van der Waals surface area (Å²) in [5.41, 5.74) is 0. The van der Waals surface area contributed by atoms with Gasteiger partial charge in [0.2, 0.25) is 5.78 Å². The maximum atomic E-state index is 10.9. The largest absolute Gasteiger partial charge is 0.378 e. The van der Waals surface area contributed by atoms with E-state index >= 15 is 0 Å². The zero-order chi connectivity index (χ0) is 9.97. The molecule has 0 aliphatic carbocycles. The summed E-state index contributed by atoms with van der Waals surface area (Å²) in [4.78, 5) is 14.8. The van der Waals surface area contributed by atoms with E-state index in [-0.39, 0.29) is 17.8 Å². The van der Waals surface area contributed by atoms with Gasteiger partial charge in [-0.25, -0.2) is 0 Å². The third kappa shape index (κ3) is 1.98. The molecule has 0 N–H and O–H groups in total. The highest BCUT2D eigenvalue weighted by atomic mass is 16.5. The van der Waals surface area contributed by atoms with E-state index in [0.717, 1.165) is 19.4 Å². The van der Waals surface area contributed by atoms with Crippen LogP contribution in [0.4, 0.5) is 0 Å². The highest BCUT2D eigenvalue weighted by Crippen LogP contribution is 2.15. The highest BCUT2D eigenvalue weighted by Gasteiger charge is 2.19. The van der Waals surface area contributed by atoms with Crippen LogP contribution in [0.5, 0.6) is 0 Å². The third-order valence-electron chi connectivity index (χ3n) is 2.20. The molecule has 0 radical (unpaired) electrons. The van der Waals surface area contributed by atoms with Crippen LogP contribution < -0.4 is 0 Å². The van der Waals surface area contributed by atoms with Crippen molar-refractivity contribution >= 4 is 5.78 Å². The maximum Gasteiger partial charge on any atom is 0.293 e. The van der Waals surface area contributed by atoms with E-state index in [1.807, 2.05) is 0 Å². The molecule has 0 spiro atoms. The second-order valence-electron chi connectivity index (χ2n) is 3.41. The fraction of sp³-hybridized carbons (Fsp3) is 0.667. The minimum absolute atomic E-state index is 0.0815. The zero-order valence-electron chi connectivity index (χ0n) is 8.02. The second kappa shape index (κ2) is 3.88. The Kier molecular flexibility index (Phi) is 2.58. The first-order chi connectivity index (χ1) is 6.75. The molecule has 2 heterocycles. The lowest BCUT2D eigenvalue weighted by Gasteiger charge is -2.03. The van der Waals surface area contributed by atoms with Crippen molar-refractivity contribution in [2.75, 3.05) is 6.61 Å². The molecule has 1 unspecified atom stereocenters. The van der Waals surface area contributed by atoms with Gasteiger partial charge in [0.15, 0.2) is 5.82 Å². The predicted octanol–water partition coefficient (Wildman–Crippen LogP) is 0.994. The van der Waals surface area contributed by atoms with E-state index in [2.05, 4.69) is 10.1 Å². The lowest BCUT2D eigenvalue weighted by molar-refractivity contribution is 0.0972. The number of Topliss-reactive ketones (excluding diaryl/α,β-unsaturated/α-hetero) is 1. The van der Waals surface area contributed by atoms with E-state index in [1.54, 1.807) is 0 Å². The number of ether oxygens (including phenoxy) is 1. The summed E-state index contributed by atoms with van der Waals surface area (Å²) in [6.07, 6.45) is 2.94. The number of hydrogen-bond acceptors (Lipinski definition) is 5. The first-order valence-electron chi connectivity index (χ1n) is 4.71. The molecular formula is C9H12N2O3. The van der Waals surface area contributed by atoms with Gasteiger partial charge in [-0.3, -0.25) is 4.79 Å². The van der Waals surface area contributed by atoms with Crippen LogP contribution in [-0.2, 0) is 11.2 Å². The van der Waals surface area contributed by atoms with Gasteiger partial charge in [0.1, 0.15) is 0 Å². The molecule has 1 aromatic heterocycles. The standard InChI is InChI=1S/C9H12N2O3/c1-6(12)9-10-8(11-14-9)5-7-3-2-4-13-7/h7H,2-5H2,1H3. The zero-order valence-corrected chi connectivity index (χ0v) is 8.02. The molecule has 1 atom stereocenters. The molecule has 5 heteroatoms. The molecule has 14 heavy (non-hydrogen) atoms. The van der Waals surface area contributed by atoms with Gasteiger partial charge in [0, 0.05) is 20.0 Å². The lowest BCUT2D eigenvalue weighted by atomic mass is 10.2. The van der Waals surface area contributed by atoms with Crippen LogP contribution >= 0.6 is 0 Å². The summed E-state index contributed by atoms with van der Waals surface area (Å²) in [7, 11) is 0. The highest BCUT2D eigenvalue weighted by molar-refractivity contribution is 5.89. The van der Waals surface area contributed by atoms with Gasteiger partial charge in [-0.15, -0.1) is 0 Å². The Bertz CT molecular complexity index is 329. The van der Waals surface area contributed by atoms with Gasteiger partial charge >= 0.3 is 0 Å². The number of ketones is 1. The Hall–Kier alpha value is -1.23. The predicted molar refractivity (Wildman–Crippen MR) is 47.0 cm³/mol. The van der Waals surface area contributed by atoms with Crippen molar-refractivity contribution in [1.82, 2.24) is 10.1 Å². The molecular weight excluding hydrogens is 184 g/mol. The molecule has 1 saturated heterocycles. The quantitative estimate of drug-likeness (QED) is 0.674. The average molecular weight is 196 g/mol. The summed E-state index contributed by atoms with van der Waals surface area (Å²) >= 11 is 0. The van der Waals surface area contributed by atoms with E-state index in [4.69, 9.17) is 9.26 Å². The van der Waals surface area contributed by atoms with E-state index < -0.39 is 0 Å². The molecule has 0 saturated carbocycles. The molecule has 5 nitrogen and oxygen atoms in total. The van der Waals surface area contributed by atoms with Crippen LogP contribution in [0.1, 0.15) is 36.3 Å². The summed E-state index contributed by atoms with van der Waals surface area (Å²) in [6, 6.07) is 0. The van der Waals surface area contributed by atoms with Crippen LogP contribution in [0.25, 0.3) is 0 Å². The van der Waals surface area contributed by atoms with E-state index in [1.165, 1.54) is 6.92 Å². The molecule has 2 rings (SSSR count). The number of hydrogen-bond donors (Lipinski definition) is 0. The number of carbonyl (C=O) groups is 1. The van der Waals surface area contributed by atoms with Crippen molar-refractivity contribution in [1.29, 1.82) is 0 Å². The summed E-state index contributed by atoms with van der Waals surface area (Å²) in [5, 5.41) is 3.71. The Morgan fingerprint density at radius 1 is 1.64 bits per heavy atom. The first kappa shape index (κ1) is 9.33. The van der Waals surface area contributed by atoms with Crippen molar-refractivity contribution in [3.05, 3.63) is 11.7 Å². The normalized spacial score (nSPS) is 21.4. The van der Waals surface area contributed by atoms with E-state index in [9.17, 15) is 4.79 Å². The van der Waals surface area contributed by atoms with Crippen molar-refractivity contribution < 1.29 is 14.1 Å². The minimum Gasteiger partial charge on any atom is -0.378 e. The molecule has 0 amide bonds. The van der Waals surface area contributed by atoms with Crippen LogP contribution in [0, 0.1) is 0 Å². The Labute approximate surface area is 81.4 Å². The third-order valence-corrected chi connectivity index (χ3v) is 2.20. The van der Waals surface area contributed by atoms with Crippen LogP contribution in [0.15, 0.2) is 4.52 Å². The number of carbonyl (C=O) groups excluding carboxylic acids is 1. The Morgan fingerprint density at radius 3 is 3.07 bits per heavy atom. The van der Waals surface area contributed by atoms with Gasteiger partial charge in [-0.2, -0.15) is 4.98 Å². The smallest absolute Gasteiger partial charge is 0.293 e. The summed E-state index contributed by atoms with van der Waals surface area (Å²) in [6.45, 7) is 2.21. The fourth-order valence-corrected chi connectivity index (χ4v) is 1.49. The van der Waals surface area contributed by atoms with Crippen molar-refractivity contribution in [2.24, 2.45) is 0 Å². The first-order valence-corrected chi connectivity index (χ1v) is 4.71. The van der Waals surface area contributed by atoms with Crippen LogP contribution in [0.3, 0.4) is 0 Å². The summed E-state index contributed by atoms with van der Waals surface area (Å²) < 4.78 is 10.2. The van der Waals surface area contributed by atoms with Gasteiger partial charge < -0.3 is 9.26 Å². The molecule has 76 valence electrons. The minimum atomic E-state index is -0.198. The average Bonchev–Trinajstić information content (AvgIpc) is 2.75. The van der Waals surface area contributed by atoms with Crippen molar-refractivity contribution in [3.8, 4) is 0 Å². The van der Waals surface area contributed by atoms with Gasteiger partial charge in [0.25, 0.3) is 5.89 Å². The number of aromatic nitrogens is 2. The molecule has 1 aliphatic rings. The SMILES string of the molecule is CC(=O)c1nc(CC2CCCO2)no1.